The second-order valence-electron chi connectivity index (χ2n) is 5.05. The molecule has 2 aromatic rings. The molecule has 0 spiro atoms. The smallest absolute Gasteiger partial charge is 0.373 e. The minimum atomic E-state index is -4.35. The molecule has 122 valence electrons. The molecule has 7 heteroatoms. The van der Waals surface area contributed by atoms with Crippen LogP contribution < -0.4 is 4.90 Å². The van der Waals surface area contributed by atoms with Gasteiger partial charge < -0.3 is 9.47 Å². The first-order valence-corrected chi connectivity index (χ1v) is 6.84. The van der Waals surface area contributed by atoms with E-state index in [-0.39, 0.29) is 0 Å². The molecule has 0 bridgehead atoms. The number of halogens is 3. The normalized spacial score (nSPS) is 11.3. The van der Waals surface area contributed by atoms with Gasteiger partial charge in [0.2, 0.25) is 0 Å². The Bertz CT molecular complexity index is 690. The number of aldehydes is 2. The second kappa shape index (κ2) is 6.68. The van der Waals surface area contributed by atoms with E-state index in [1.54, 1.807) is 28.8 Å². The highest BCUT2D eigenvalue weighted by molar-refractivity contribution is 5.89. The molecule has 0 aliphatic heterocycles. The number of carbonyl (C=O) groups excluding carboxylic acids is 2. The Morgan fingerprint density at radius 3 is 2.26 bits per heavy atom. The number of alkyl halides is 3. The molecule has 0 radical (unpaired) electrons. The zero-order valence-corrected chi connectivity index (χ0v) is 12.4. The maximum Gasteiger partial charge on any atom is 0.416 e. The Labute approximate surface area is 131 Å². The summed E-state index contributed by atoms with van der Waals surface area (Å²) in [6.07, 6.45) is -1.50. The minimum absolute atomic E-state index is 0.292. The number of likely N-dealkylation sites (N-methyl/N-ethyl adjacent to an activating group) is 1. The number of nitrogens with zero attached hydrogens (tertiary/aromatic N) is 2. The summed E-state index contributed by atoms with van der Waals surface area (Å²) < 4.78 is 39.2. The molecule has 0 unspecified atom stereocenters. The van der Waals surface area contributed by atoms with Crippen LogP contribution in [-0.4, -0.2) is 30.7 Å². The van der Waals surface area contributed by atoms with Gasteiger partial charge in [0.25, 0.3) is 0 Å². The third-order valence-corrected chi connectivity index (χ3v) is 3.59. The SMILES string of the molecule is CN(CCn1ccc(C=O)c1C=O)c1ccc(C(F)(F)F)cc1. The largest absolute Gasteiger partial charge is 0.416 e. The molecule has 1 aromatic heterocycles. The lowest BCUT2D eigenvalue weighted by molar-refractivity contribution is -0.137. The standard InChI is InChI=1S/C16H15F3N2O2/c1-20(14-4-2-13(3-5-14)16(17,18)19)8-9-21-7-6-12(10-22)15(21)11-23/h2-7,10-11H,8-9H2,1H3. The number of anilines is 1. The average molecular weight is 324 g/mol. The van der Waals surface area contributed by atoms with Crippen molar-refractivity contribution < 1.29 is 22.8 Å². The monoisotopic (exact) mass is 324 g/mol. The van der Waals surface area contributed by atoms with Crippen LogP contribution in [0.1, 0.15) is 26.4 Å². The Balaban J connectivity index is 2.05. The minimum Gasteiger partial charge on any atom is -0.373 e. The van der Waals surface area contributed by atoms with Crippen LogP contribution in [0.25, 0.3) is 0 Å². The van der Waals surface area contributed by atoms with E-state index in [2.05, 4.69) is 0 Å². The van der Waals surface area contributed by atoms with Crippen LogP contribution in [0.15, 0.2) is 36.5 Å². The molecule has 1 heterocycles. The van der Waals surface area contributed by atoms with E-state index >= 15 is 0 Å². The Morgan fingerprint density at radius 2 is 1.74 bits per heavy atom. The number of benzene rings is 1. The summed E-state index contributed by atoms with van der Waals surface area (Å²) in [5.41, 5.74) is 0.547. The molecule has 23 heavy (non-hydrogen) atoms. The van der Waals surface area contributed by atoms with E-state index in [9.17, 15) is 22.8 Å². The van der Waals surface area contributed by atoms with Gasteiger partial charge in [0.05, 0.1) is 11.3 Å². The lowest BCUT2D eigenvalue weighted by Crippen LogP contribution is -2.23. The van der Waals surface area contributed by atoms with E-state index in [0.717, 1.165) is 12.1 Å². The van der Waals surface area contributed by atoms with Crippen LogP contribution in [0.5, 0.6) is 0 Å². The third-order valence-electron chi connectivity index (χ3n) is 3.59. The first-order chi connectivity index (χ1) is 10.9. The molecule has 0 atom stereocenters. The van der Waals surface area contributed by atoms with E-state index < -0.39 is 11.7 Å². The fourth-order valence-corrected chi connectivity index (χ4v) is 2.22. The van der Waals surface area contributed by atoms with E-state index in [1.807, 2.05) is 0 Å². The maximum absolute atomic E-state index is 12.5. The van der Waals surface area contributed by atoms with Crippen molar-refractivity contribution in [1.29, 1.82) is 0 Å². The molecule has 0 saturated carbocycles. The second-order valence-corrected chi connectivity index (χ2v) is 5.05. The van der Waals surface area contributed by atoms with Crippen LogP contribution in [0.2, 0.25) is 0 Å². The topological polar surface area (TPSA) is 42.3 Å². The highest BCUT2D eigenvalue weighted by Crippen LogP contribution is 2.30. The van der Waals surface area contributed by atoms with E-state index in [1.165, 1.54) is 12.1 Å². The van der Waals surface area contributed by atoms with Gasteiger partial charge in [-0.15, -0.1) is 0 Å². The molecule has 4 nitrogen and oxygen atoms in total. The molecule has 0 N–H and O–H groups in total. The first kappa shape index (κ1) is 16.8. The van der Waals surface area contributed by atoms with Crippen molar-refractivity contribution in [2.24, 2.45) is 0 Å². The fraction of sp³-hybridized carbons (Fsp3) is 0.250. The van der Waals surface area contributed by atoms with Crippen molar-refractivity contribution in [3.63, 3.8) is 0 Å². The fourth-order valence-electron chi connectivity index (χ4n) is 2.22. The number of hydrogen-bond acceptors (Lipinski definition) is 3. The summed E-state index contributed by atoms with van der Waals surface area (Å²) in [4.78, 5) is 23.6. The summed E-state index contributed by atoms with van der Waals surface area (Å²) in [6, 6.07) is 6.41. The Hall–Kier alpha value is -2.57. The molecule has 0 fully saturated rings. The zero-order chi connectivity index (χ0) is 17.0. The van der Waals surface area contributed by atoms with Crippen LogP contribution in [0.3, 0.4) is 0 Å². The van der Waals surface area contributed by atoms with Crippen molar-refractivity contribution in [3.8, 4) is 0 Å². The number of carbonyl (C=O) groups is 2. The highest BCUT2D eigenvalue weighted by atomic mass is 19.4. The Kier molecular flexibility index (Phi) is 4.88. The van der Waals surface area contributed by atoms with E-state index in [4.69, 9.17) is 0 Å². The van der Waals surface area contributed by atoms with Crippen molar-refractivity contribution >= 4 is 18.3 Å². The third kappa shape index (κ3) is 3.80. The van der Waals surface area contributed by atoms with Crippen LogP contribution in [0.4, 0.5) is 18.9 Å². The van der Waals surface area contributed by atoms with Crippen molar-refractivity contribution in [2.75, 3.05) is 18.5 Å². The van der Waals surface area contributed by atoms with Crippen molar-refractivity contribution in [2.45, 2.75) is 12.7 Å². The van der Waals surface area contributed by atoms with Gasteiger partial charge in [-0.05, 0) is 30.3 Å². The molecule has 0 amide bonds. The first-order valence-electron chi connectivity index (χ1n) is 6.84. The predicted molar refractivity (Wildman–Crippen MR) is 79.9 cm³/mol. The molecular formula is C16H15F3N2O2. The average Bonchev–Trinajstić information content (AvgIpc) is 2.93. The van der Waals surface area contributed by atoms with Gasteiger partial charge in [-0.3, -0.25) is 9.59 Å². The van der Waals surface area contributed by atoms with Crippen LogP contribution >= 0.6 is 0 Å². The molecule has 2 rings (SSSR count). The Morgan fingerprint density at radius 1 is 1.09 bits per heavy atom. The summed E-state index contributed by atoms with van der Waals surface area (Å²) in [6.45, 7) is 0.901. The predicted octanol–water partition coefficient (Wildman–Crippen LogP) is 3.27. The van der Waals surface area contributed by atoms with Gasteiger partial charge >= 0.3 is 6.18 Å². The van der Waals surface area contributed by atoms with Gasteiger partial charge in [0, 0.05) is 37.6 Å². The highest BCUT2D eigenvalue weighted by Gasteiger charge is 2.30. The molecule has 0 saturated heterocycles. The molecule has 0 aliphatic carbocycles. The summed E-state index contributed by atoms with van der Waals surface area (Å²) in [5, 5.41) is 0. The number of rotatable bonds is 6. The molecule has 0 aliphatic rings. The lowest BCUT2D eigenvalue weighted by atomic mass is 10.2. The lowest BCUT2D eigenvalue weighted by Gasteiger charge is -2.20. The van der Waals surface area contributed by atoms with Crippen molar-refractivity contribution in [1.82, 2.24) is 4.57 Å². The van der Waals surface area contributed by atoms with E-state index in [0.29, 0.717) is 42.6 Å². The van der Waals surface area contributed by atoms with Gasteiger partial charge in [0.15, 0.2) is 12.6 Å². The maximum atomic E-state index is 12.5. The summed E-state index contributed by atoms with van der Waals surface area (Å²) in [5.74, 6) is 0. The molecule has 1 aromatic carbocycles. The quantitative estimate of drug-likeness (QED) is 0.766. The number of aromatic nitrogens is 1. The summed E-state index contributed by atoms with van der Waals surface area (Å²) >= 11 is 0. The van der Waals surface area contributed by atoms with Crippen LogP contribution in [-0.2, 0) is 12.7 Å². The van der Waals surface area contributed by atoms with Gasteiger partial charge in [0.1, 0.15) is 0 Å². The van der Waals surface area contributed by atoms with Crippen molar-refractivity contribution in [3.05, 3.63) is 53.3 Å². The van der Waals surface area contributed by atoms with Gasteiger partial charge in [-0.2, -0.15) is 13.2 Å². The van der Waals surface area contributed by atoms with Crippen LogP contribution in [0, 0.1) is 0 Å². The zero-order valence-electron chi connectivity index (χ0n) is 12.4. The van der Waals surface area contributed by atoms with Gasteiger partial charge in [-0.1, -0.05) is 0 Å². The number of hydrogen-bond donors (Lipinski definition) is 0. The van der Waals surface area contributed by atoms with Gasteiger partial charge in [-0.25, -0.2) is 0 Å². The summed E-state index contributed by atoms with van der Waals surface area (Å²) in [7, 11) is 1.74. The molecular weight excluding hydrogens is 309 g/mol.